The van der Waals surface area contributed by atoms with Gasteiger partial charge >= 0.3 is 0 Å². The Balaban J connectivity index is 1.37. The normalized spacial score (nSPS) is 16.2. The van der Waals surface area contributed by atoms with Gasteiger partial charge in [0.05, 0.1) is 17.1 Å². The van der Waals surface area contributed by atoms with Gasteiger partial charge in [0.15, 0.2) is 5.13 Å². The summed E-state index contributed by atoms with van der Waals surface area (Å²) >= 11 is 1.56. The smallest absolute Gasteiger partial charge is 0.251 e. The van der Waals surface area contributed by atoms with E-state index in [2.05, 4.69) is 25.9 Å². The number of thiazole rings is 1. The lowest BCUT2D eigenvalue weighted by molar-refractivity contribution is 0.0933. The molecule has 0 bridgehead atoms. The van der Waals surface area contributed by atoms with Crippen LogP contribution >= 0.6 is 11.3 Å². The molecule has 0 spiro atoms. The van der Waals surface area contributed by atoms with E-state index in [9.17, 15) is 4.79 Å². The Hall–Kier alpha value is -2.74. The zero-order valence-electron chi connectivity index (χ0n) is 14.7. The maximum absolute atomic E-state index is 12.5. The Kier molecular flexibility index (Phi) is 4.42. The first-order valence-corrected chi connectivity index (χ1v) is 9.44. The second-order valence-corrected chi connectivity index (χ2v) is 7.37. The van der Waals surface area contributed by atoms with Crippen LogP contribution in [-0.2, 0) is 19.9 Å². The van der Waals surface area contributed by atoms with Crippen LogP contribution in [0.4, 0.5) is 10.8 Å². The summed E-state index contributed by atoms with van der Waals surface area (Å²) in [6.45, 7) is 1.96. The molecule has 1 atom stereocenters. The molecule has 1 aliphatic carbocycles. The summed E-state index contributed by atoms with van der Waals surface area (Å²) in [4.78, 5) is 16.9. The van der Waals surface area contributed by atoms with Crippen molar-refractivity contribution in [2.24, 2.45) is 7.05 Å². The van der Waals surface area contributed by atoms with Crippen LogP contribution in [0.1, 0.15) is 33.9 Å². The van der Waals surface area contributed by atoms with Gasteiger partial charge in [0.25, 0.3) is 5.91 Å². The van der Waals surface area contributed by atoms with Gasteiger partial charge in [-0.05, 0) is 44.0 Å². The molecule has 0 saturated carbocycles. The van der Waals surface area contributed by atoms with Crippen molar-refractivity contribution in [1.29, 1.82) is 0 Å². The van der Waals surface area contributed by atoms with E-state index in [0.29, 0.717) is 5.56 Å². The van der Waals surface area contributed by atoms with Crippen LogP contribution < -0.4 is 10.6 Å². The lowest BCUT2D eigenvalue weighted by Crippen LogP contribution is -2.39. The highest BCUT2D eigenvalue weighted by Gasteiger charge is 2.24. The monoisotopic (exact) mass is 368 g/mol. The fourth-order valence-electron chi connectivity index (χ4n) is 3.16. The van der Waals surface area contributed by atoms with Crippen LogP contribution in [0.15, 0.2) is 29.6 Å². The predicted molar refractivity (Wildman–Crippen MR) is 101 cm³/mol. The van der Waals surface area contributed by atoms with E-state index in [4.69, 9.17) is 0 Å². The largest absolute Gasteiger partial charge is 0.349 e. The SMILES string of the molecule is Cc1csc(Nc2ccc(C(=O)NC3CCc4c(nnn4C)C3)cc2)n1. The molecule has 1 aromatic carbocycles. The number of fused-ring (bicyclic) bond motifs is 1. The van der Waals surface area contributed by atoms with Crippen LogP contribution in [0.25, 0.3) is 0 Å². The van der Waals surface area contributed by atoms with Crippen LogP contribution in [0.3, 0.4) is 0 Å². The third-order valence-electron chi connectivity index (χ3n) is 4.55. The van der Waals surface area contributed by atoms with Crippen LogP contribution in [-0.4, -0.2) is 31.9 Å². The van der Waals surface area contributed by atoms with E-state index in [-0.39, 0.29) is 11.9 Å². The van der Waals surface area contributed by atoms with Crippen molar-refractivity contribution in [2.75, 3.05) is 5.32 Å². The molecular formula is C18H20N6OS. The number of hydrogen-bond acceptors (Lipinski definition) is 6. The summed E-state index contributed by atoms with van der Waals surface area (Å²) in [5.74, 6) is -0.0565. The standard InChI is InChI=1S/C18H20N6OS/c1-11-10-26-18(19-11)21-13-5-3-12(4-6-13)17(25)20-14-7-8-16-15(9-14)22-23-24(16)2/h3-6,10,14H,7-9H2,1-2H3,(H,19,21)(H,20,25). The molecule has 0 fully saturated rings. The number of aryl methyl sites for hydroxylation is 2. The topological polar surface area (TPSA) is 84.7 Å². The third-order valence-corrected chi connectivity index (χ3v) is 5.42. The fourth-order valence-corrected chi connectivity index (χ4v) is 3.87. The zero-order valence-corrected chi connectivity index (χ0v) is 15.5. The average molecular weight is 368 g/mol. The highest BCUT2D eigenvalue weighted by Crippen LogP contribution is 2.22. The molecule has 0 saturated heterocycles. The minimum Gasteiger partial charge on any atom is -0.349 e. The molecule has 3 aromatic rings. The van der Waals surface area contributed by atoms with Crippen LogP contribution in [0.2, 0.25) is 0 Å². The van der Waals surface area contributed by atoms with Crippen molar-refractivity contribution < 1.29 is 4.79 Å². The maximum atomic E-state index is 12.5. The number of carbonyl (C=O) groups is 1. The molecule has 4 rings (SSSR count). The molecule has 7 nitrogen and oxygen atoms in total. The lowest BCUT2D eigenvalue weighted by Gasteiger charge is -2.22. The van der Waals surface area contributed by atoms with E-state index < -0.39 is 0 Å². The first-order chi connectivity index (χ1) is 12.6. The number of carbonyl (C=O) groups excluding carboxylic acids is 1. The van der Waals surface area contributed by atoms with Gasteiger partial charge in [-0.1, -0.05) is 5.21 Å². The van der Waals surface area contributed by atoms with Crippen molar-refractivity contribution in [3.8, 4) is 0 Å². The van der Waals surface area contributed by atoms with Crippen molar-refractivity contribution in [3.05, 3.63) is 52.3 Å². The number of nitrogens with one attached hydrogen (secondary N) is 2. The van der Waals surface area contributed by atoms with E-state index in [1.54, 1.807) is 11.3 Å². The van der Waals surface area contributed by atoms with Gasteiger partial charge in [-0.25, -0.2) is 4.98 Å². The molecule has 2 aromatic heterocycles. The summed E-state index contributed by atoms with van der Waals surface area (Å²) in [5.41, 5.74) is 4.71. The van der Waals surface area contributed by atoms with Crippen LogP contribution in [0, 0.1) is 6.92 Å². The molecule has 1 aliphatic rings. The average Bonchev–Trinajstić information content (AvgIpc) is 3.21. The Morgan fingerprint density at radius 1 is 1.31 bits per heavy atom. The van der Waals surface area contributed by atoms with Crippen molar-refractivity contribution >= 4 is 28.1 Å². The fraction of sp³-hybridized carbons (Fsp3) is 0.333. The predicted octanol–water partition coefficient (Wildman–Crippen LogP) is 2.61. The molecule has 2 heterocycles. The van der Waals surface area contributed by atoms with Crippen LogP contribution in [0.5, 0.6) is 0 Å². The molecule has 1 amide bonds. The number of hydrogen-bond donors (Lipinski definition) is 2. The summed E-state index contributed by atoms with van der Waals surface area (Å²) < 4.78 is 1.82. The highest BCUT2D eigenvalue weighted by atomic mass is 32.1. The van der Waals surface area contributed by atoms with Gasteiger partial charge in [0.2, 0.25) is 0 Å². The van der Waals surface area contributed by atoms with Gasteiger partial charge in [-0.2, -0.15) is 0 Å². The second kappa shape index (κ2) is 6.87. The minimum absolute atomic E-state index is 0.0565. The van der Waals surface area contributed by atoms with Gasteiger partial charge in [-0.15, -0.1) is 16.4 Å². The summed E-state index contributed by atoms with van der Waals surface area (Å²) in [6, 6.07) is 7.55. The summed E-state index contributed by atoms with van der Waals surface area (Å²) in [7, 11) is 1.91. The number of anilines is 2. The number of amides is 1. The Labute approximate surface area is 155 Å². The third kappa shape index (κ3) is 3.45. The van der Waals surface area contributed by atoms with Crippen molar-refractivity contribution in [2.45, 2.75) is 32.2 Å². The summed E-state index contributed by atoms with van der Waals surface area (Å²) in [5, 5.41) is 17.4. The molecule has 26 heavy (non-hydrogen) atoms. The number of benzene rings is 1. The molecule has 2 N–H and O–H groups in total. The van der Waals surface area contributed by atoms with Crippen molar-refractivity contribution in [3.63, 3.8) is 0 Å². The summed E-state index contributed by atoms with van der Waals surface area (Å²) in [6.07, 6.45) is 2.53. The number of rotatable bonds is 4. The van der Waals surface area contributed by atoms with Gasteiger partial charge < -0.3 is 10.6 Å². The molecule has 0 radical (unpaired) electrons. The lowest BCUT2D eigenvalue weighted by atomic mass is 9.95. The van der Waals surface area contributed by atoms with E-state index >= 15 is 0 Å². The van der Waals surface area contributed by atoms with Gasteiger partial charge in [0, 0.05) is 36.1 Å². The number of aromatic nitrogens is 4. The first-order valence-electron chi connectivity index (χ1n) is 8.56. The maximum Gasteiger partial charge on any atom is 0.251 e. The Morgan fingerprint density at radius 2 is 2.12 bits per heavy atom. The minimum atomic E-state index is -0.0565. The molecule has 0 aliphatic heterocycles. The first kappa shape index (κ1) is 16.7. The van der Waals surface area contributed by atoms with E-state index in [1.165, 1.54) is 5.69 Å². The number of nitrogens with zero attached hydrogens (tertiary/aromatic N) is 4. The zero-order chi connectivity index (χ0) is 18.1. The Bertz CT molecular complexity index is 930. The van der Waals surface area contributed by atoms with Gasteiger partial charge in [0.1, 0.15) is 0 Å². The Morgan fingerprint density at radius 3 is 2.85 bits per heavy atom. The highest BCUT2D eigenvalue weighted by molar-refractivity contribution is 7.13. The van der Waals surface area contributed by atoms with E-state index in [1.807, 2.05) is 48.3 Å². The van der Waals surface area contributed by atoms with Gasteiger partial charge in [-0.3, -0.25) is 9.48 Å². The molecule has 8 heteroatoms. The molecule has 1 unspecified atom stereocenters. The molecular weight excluding hydrogens is 348 g/mol. The second-order valence-electron chi connectivity index (χ2n) is 6.52. The quantitative estimate of drug-likeness (QED) is 0.739. The van der Waals surface area contributed by atoms with Crippen molar-refractivity contribution in [1.82, 2.24) is 25.3 Å². The molecule has 134 valence electrons. The van der Waals surface area contributed by atoms with E-state index in [0.717, 1.165) is 41.5 Å².